The van der Waals surface area contributed by atoms with Crippen LogP contribution in [-0.4, -0.2) is 63.7 Å². The summed E-state index contributed by atoms with van der Waals surface area (Å²) >= 11 is 0. The molecule has 0 aromatic heterocycles. The molecule has 0 N–H and O–H groups in total. The van der Waals surface area contributed by atoms with Crippen molar-refractivity contribution in [2.24, 2.45) is 34.0 Å². The van der Waals surface area contributed by atoms with Crippen LogP contribution in [-0.2, 0) is 38.1 Å². The summed E-state index contributed by atoms with van der Waals surface area (Å²) in [7, 11) is 3.21. The van der Waals surface area contributed by atoms with Gasteiger partial charge in [0.1, 0.15) is 18.3 Å². The van der Waals surface area contributed by atoms with E-state index < -0.39 is 6.10 Å². The molecule has 1 aliphatic rings. The van der Waals surface area contributed by atoms with Crippen molar-refractivity contribution in [2.75, 3.05) is 27.4 Å². The summed E-state index contributed by atoms with van der Waals surface area (Å²) in [5.41, 5.74) is -0.803. The molecule has 1 aliphatic carbocycles. The highest BCUT2D eigenvalue weighted by Gasteiger charge is 2.39. The number of rotatable bonds is 17. The zero-order chi connectivity index (χ0) is 32.3. The van der Waals surface area contributed by atoms with Gasteiger partial charge in [-0.2, -0.15) is 0 Å². The van der Waals surface area contributed by atoms with E-state index in [1.807, 2.05) is 6.92 Å². The van der Waals surface area contributed by atoms with E-state index in [4.69, 9.17) is 23.7 Å². The first kappa shape index (κ1) is 38.4. The quantitative estimate of drug-likeness (QED) is 0.129. The Morgan fingerprint density at radius 2 is 1.31 bits per heavy atom. The van der Waals surface area contributed by atoms with Gasteiger partial charge in [0.2, 0.25) is 0 Å². The third-order valence-corrected chi connectivity index (χ3v) is 9.16. The van der Waals surface area contributed by atoms with Crippen molar-refractivity contribution >= 4 is 17.9 Å². The molecule has 0 aliphatic heterocycles. The van der Waals surface area contributed by atoms with Gasteiger partial charge in [0.25, 0.3) is 0 Å². The van der Waals surface area contributed by atoms with Gasteiger partial charge in [0.05, 0.1) is 25.0 Å². The maximum absolute atomic E-state index is 13.3. The predicted molar refractivity (Wildman–Crippen MR) is 165 cm³/mol. The Morgan fingerprint density at radius 3 is 1.76 bits per heavy atom. The fourth-order valence-corrected chi connectivity index (χ4v) is 5.99. The molecule has 8 heteroatoms. The first-order valence-corrected chi connectivity index (χ1v) is 15.9. The van der Waals surface area contributed by atoms with E-state index in [2.05, 4.69) is 55.4 Å². The molecule has 0 spiro atoms. The van der Waals surface area contributed by atoms with Crippen molar-refractivity contribution in [1.29, 1.82) is 0 Å². The first-order valence-electron chi connectivity index (χ1n) is 15.9. The number of hydrogen-bond acceptors (Lipinski definition) is 8. The van der Waals surface area contributed by atoms with Crippen LogP contribution in [0.2, 0.25) is 0 Å². The molecule has 0 heterocycles. The molecule has 0 aromatic rings. The number of esters is 3. The van der Waals surface area contributed by atoms with Crippen LogP contribution in [0.15, 0.2) is 0 Å². The fraction of sp³-hybridized carbons (Fsp3) is 0.912. The monoisotopic (exact) mass is 598 g/mol. The SMILES string of the molecule is CCC(OC(=O)C1CCCC(CC(C)C(=O)OC(COC)C(C)(C)CCC(C)(C)C(COC)OC(C)=O)C1)C(C)(C)C. The van der Waals surface area contributed by atoms with Crippen molar-refractivity contribution in [1.82, 2.24) is 0 Å². The Bertz CT molecular complexity index is 843. The second-order valence-electron chi connectivity index (χ2n) is 15.0. The fourth-order valence-electron chi connectivity index (χ4n) is 5.99. The van der Waals surface area contributed by atoms with Crippen LogP contribution in [0, 0.1) is 34.0 Å². The van der Waals surface area contributed by atoms with E-state index in [1.54, 1.807) is 14.2 Å². The summed E-state index contributed by atoms with van der Waals surface area (Å²) in [5, 5.41) is 0. The minimum Gasteiger partial charge on any atom is -0.462 e. The van der Waals surface area contributed by atoms with Crippen LogP contribution in [0.5, 0.6) is 0 Å². The second-order valence-corrected chi connectivity index (χ2v) is 15.0. The molecule has 1 saturated carbocycles. The summed E-state index contributed by atoms with van der Waals surface area (Å²) in [6, 6.07) is 0. The normalized spacial score (nSPS) is 21.1. The van der Waals surface area contributed by atoms with E-state index in [0.717, 1.165) is 44.9 Å². The standard InChI is InChI=1S/C34H62O8/c1-13-27(32(4,5)6)41-31(37)26-16-14-15-25(20-26)19-23(2)30(36)42-29(22-39-12)34(9,10)18-17-33(7,8)28(21-38-11)40-24(3)35/h23,25-29H,13-22H2,1-12H3. The highest BCUT2D eigenvalue weighted by atomic mass is 16.6. The maximum Gasteiger partial charge on any atom is 0.309 e. The number of hydrogen-bond donors (Lipinski definition) is 0. The van der Waals surface area contributed by atoms with E-state index in [1.165, 1.54) is 6.92 Å². The Morgan fingerprint density at radius 1 is 0.786 bits per heavy atom. The van der Waals surface area contributed by atoms with Gasteiger partial charge < -0.3 is 23.7 Å². The largest absolute Gasteiger partial charge is 0.462 e. The van der Waals surface area contributed by atoms with Crippen LogP contribution >= 0.6 is 0 Å². The maximum atomic E-state index is 13.3. The zero-order valence-corrected chi connectivity index (χ0v) is 28.8. The molecule has 1 fully saturated rings. The van der Waals surface area contributed by atoms with E-state index in [9.17, 15) is 14.4 Å². The van der Waals surface area contributed by atoms with Gasteiger partial charge in [-0.1, -0.05) is 75.2 Å². The second kappa shape index (κ2) is 17.0. The third kappa shape index (κ3) is 12.5. The lowest BCUT2D eigenvalue weighted by atomic mass is 9.73. The van der Waals surface area contributed by atoms with Crippen LogP contribution in [0.3, 0.4) is 0 Å². The summed E-state index contributed by atoms with van der Waals surface area (Å²) in [6.07, 6.45) is 5.62. The highest BCUT2D eigenvalue weighted by Crippen LogP contribution is 2.39. The average Bonchev–Trinajstić information content (AvgIpc) is 2.89. The van der Waals surface area contributed by atoms with Crippen LogP contribution < -0.4 is 0 Å². The molecule has 8 nitrogen and oxygen atoms in total. The molecular formula is C34H62O8. The molecule has 1 rings (SSSR count). The van der Waals surface area contributed by atoms with Gasteiger partial charge in [-0.15, -0.1) is 0 Å². The van der Waals surface area contributed by atoms with E-state index in [0.29, 0.717) is 19.6 Å². The van der Waals surface area contributed by atoms with Gasteiger partial charge in [0.15, 0.2) is 0 Å². The molecule has 0 radical (unpaired) electrons. The molecule has 0 saturated heterocycles. The number of carbonyl (C=O) groups excluding carboxylic acids is 3. The van der Waals surface area contributed by atoms with Crippen LogP contribution in [0.25, 0.3) is 0 Å². The summed E-state index contributed by atoms with van der Waals surface area (Å²) in [5.74, 6) is -0.777. The lowest BCUT2D eigenvalue weighted by Gasteiger charge is -2.39. The van der Waals surface area contributed by atoms with Gasteiger partial charge in [0, 0.05) is 32.0 Å². The number of carbonyl (C=O) groups is 3. The van der Waals surface area contributed by atoms with Gasteiger partial charge in [-0.25, -0.2) is 0 Å². The summed E-state index contributed by atoms with van der Waals surface area (Å²) in [6.45, 7) is 20.6. The van der Waals surface area contributed by atoms with E-state index in [-0.39, 0.29) is 64.1 Å². The third-order valence-electron chi connectivity index (χ3n) is 9.16. The Kier molecular flexibility index (Phi) is 15.5. The number of methoxy groups -OCH3 is 2. The predicted octanol–water partition coefficient (Wildman–Crippen LogP) is 7.16. The first-order chi connectivity index (χ1) is 19.4. The number of ether oxygens (including phenoxy) is 5. The van der Waals surface area contributed by atoms with Gasteiger partial charge >= 0.3 is 17.9 Å². The molecule has 246 valence electrons. The molecular weight excluding hydrogens is 536 g/mol. The lowest BCUT2D eigenvalue weighted by Crippen LogP contribution is -2.42. The van der Waals surface area contributed by atoms with E-state index >= 15 is 0 Å². The summed E-state index contributed by atoms with van der Waals surface area (Å²) in [4.78, 5) is 38.0. The lowest BCUT2D eigenvalue weighted by molar-refractivity contribution is -0.167. The topological polar surface area (TPSA) is 97.4 Å². The Hall–Kier alpha value is -1.67. The molecule has 6 unspecified atom stereocenters. The molecule has 42 heavy (non-hydrogen) atoms. The van der Waals surface area contributed by atoms with Crippen molar-refractivity contribution in [3.05, 3.63) is 0 Å². The molecule has 6 atom stereocenters. The molecule has 0 bridgehead atoms. The van der Waals surface area contributed by atoms with Crippen LogP contribution in [0.1, 0.15) is 121 Å². The van der Waals surface area contributed by atoms with Crippen LogP contribution in [0.4, 0.5) is 0 Å². The minimum absolute atomic E-state index is 0.0903. The highest BCUT2D eigenvalue weighted by molar-refractivity contribution is 5.73. The van der Waals surface area contributed by atoms with Crippen molar-refractivity contribution in [3.8, 4) is 0 Å². The Labute approximate surface area is 256 Å². The average molecular weight is 599 g/mol. The van der Waals surface area contributed by atoms with Crippen molar-refractivity contribution in [2.45, 2.75) is 139 Å². The van der Waals surface area contributed by atoms with Gasteiger partial charge in [-0.05, 0) is 49.9 Å². The molecule has 0 aromatic carbocycles. The zero-order valence-electron chi connectivity index (χ0n) is 28.8. The van der Waals surface area contributed by atoms with Gasteiger partial charge in [-0.3, -0.25) is 14.4 Å². The summed E-state index contributed by atoms with van der Waals surface area (Å²) < 4.78 is 28.4. The van der Waals surface area contributed by atoms with Crippen molar-refractivity contribution in [3.63, 3.8) is 0 Å². The smallest absolute Gasteiger partial charge is 0.309 e. The minimum atomic E-state index is -0.430. The van der Waals surface area contributed by atoms with Crippen molar-refractivity contribution < 1.29 is 38.1 Å². The Balaban J connectivity index is 2.81. The molecule has 0 amide bonds.